The van der Waals surface area contributed by atoms with Crippen LogP contribution in [0.3, 0.4) is 0 Å². The average Bonchev–Trinajstić information content (AvgIpc) is 2.80. The fraction of sp³-hybridized carbons (Fsp3) is 0.889. The summed E-state index contributed by atoms with van der Waals surface area (Å²) < 4.78 is 22.9. The van der Waals surface area contributed by atoms with Gasteiger partial charge in [-0.2, -0.15) is 0 Å². The van der Waals surface area contributed by atoms with Gasteiger partial charge in [-0.05, 0) is 19.3 Å². The molecule has 0 aromatic heterocycles. The van der Waals surface area contributed by atoms with Crippen LogP contribution in [0.2, 0.25) is 0 Å². The third-order valence-corrected chi connectivity index (χ3v) is 5.72. The second kappa shape index (κ2) is 2.51. The normalized spacial score (nSPS) is 39.0. The van der Waals surface area contributed by atoms with Crippen molar-refractivity contribution >= 4 is 15.7 Å². The van der Waals surface area contributed by atoms with Crippen molar-refractivity contribution in [2.24, 2.45) is 5.92 Å². The van der Waals surface area contributed by atoms with Gasteiger partial charge < -0.3 is 4.90 Å². The Hall–Kier alpha value is -0.580. The van der Waals surface area contributed by atoms with E-state index in [9.17, 15) is 13.2 Å². The number of carbonyl (C=O) groups excluding carboxylic acids is 1. The van der Waals surface area contributed by atoms with Crippen LogP contribution in [0.15, 0.2) is 0 Å². The highest BCUT2D eigenvalue weighted by atomic mass is 32.2. The Balaban J connectivity index is 1.79. The molecule has 4 nitrogen and oxygen atoms in total. The van der Waals surface area contributed by atoms with Gasteiger partial charge in [0, 0.05) is 18.5 Å². The fourth-order valence-corrected chi connectivity index (χ4v) is 4.56. The van der Waals surface area contributed by atoms with E-state index in [1.54, 1.807) is 0 Å². The van der Waals surface area contributed by atoms with E-state index in [-0.39, 0.29) is 28.9 Å². The van der Waals surface area contributed by atoms with Crippen LogP contribution in [-0.4, -0.2) is 42.8 Å². The molecule has 0 N–H and O–H groups in total. The van der Waals surface area contributed by atoms with E-state index in [0.29, 0.717) is 13.0 Å². The first-order chi connectivity index (χ1) is 6.58. The number of rotatable bonds is 1. The van der Waals surface area contributed by atoms with Gasteiger partial charge in [-0.25, -0.2) is 8.42 Å². The summed E-state index contributed by atoms with van der Waals surface area (Å²) in [5.74, 6) is 0.625. The summed E-state index contributed by atoms with van der Waals surface area (Å²) >= 11 is 0. The Labute approximate surface area is 83.2 Å². The van der Waals surface area contributed by atoms with Crippen LogP contribution in [-0.2, 0) is 14.6 Å². The molecule has 2 atom stereocenters. The Morgan fingerprint density at radius 1 is 1.29 bits per heavy atom. The SMILES string of the molecule is O=C(C1CC1)N1C[C@H]2C[C@H]1CS2(=O)=O. The number of likely N-dealkylation sites (tertiary alicyclic amines) is 1. The van der Waals surface area contributed by atoms with Crippen molar-refractivity contribution in [3.63, 3.8) is 0 Å². The summed E-state index contributed by atoms with van der Waals surface area (Å²) in [6, 6.07) is -0.00176. The highest BCUT2D eigenvalue weighted by Gasteiger charge is 2.51. The molecule has 0 spiro atoms. The van der Waals surface area contributed by atoms with Crippen LogP contribution in [0.1, 0.15) is 19.3 Å². The fourth-order valence-electron chi connectivity index (χ4n) is 2.53. The predicted octanol–water partition coefficient (Wildman–Crippen LogP) is -0.206. The van der Waals surface area contributed by atoms with Gasteiger partial charge in [0.05, 0.1) is 11.0 Å². The van der Waals surface area contributed by atoms with Gasteiger partial charge >= 0.3 is 0 Å². The first kappa shape index (κ1) is 8.71. The van der Waals surface area contributed by atoms with Crippen LogP contribution in [0, 0.1) is 5.92 Å². The topological polar surface area (TPSA) is 54.5 Å². The van der Waals surface area contributed by atoms with Gasteiger partial charge in [0.1, 0.15) is 0 Å². The molecule has 2 bridgehead atoms. The highest BCUT2D eigenvalue weighted by molar-refractivity contribution is 7.92. The van der Waals surface area contributed by atoms with Gasteiger partial charge in [0.25, 0.3) is 0 Å². The van der Waals surface area contributed by atoms with E-state index in [1.807, 2.05) is 4.90 Å². The van der Waals surface area contributed by atoms with E-state index in [0.717, 1.165) is 12.8 Å². The molecule has 3 fully saturated rings. The van der Waals surface area contributed by atoms with E-state index in [4.69, 9.17) is 0 Å². The van der Waals surface area contributed by atoms with Crippen LogP contribution in [0.25, 0.3) is 0 Å². The van der Waals surface area contributed by atoms with Gasteiger partial charge in [-0.15, -0.1) is 0 Å². The van der Waals surface area contributed by atoms with Crippen molar-refractivity contribution < 1.29 is 13.2 Å². The van der Waals surface area contributed by atoms with Gasteiger partial charge in [0.15, 0.2) is 9.84 Å². The van der Waals surface area contributed by atoms with Crippen molar-refractivity contribution in [3.8, 4) is 0 Å². The molecule has 0 radical (unpaired) electrons. The minimum absolute atomic E-state index is 0.00176. The van der Waals surface area contributed by atoms with Crippen LogP contribution >= 0.6 is 0 Å². The number of nitrogens with zero attached hydrogens (tertiary/aromatic N) is 1. The Morgan fingerprint density at radius 3 is 2.43 bits per heavy atom. The first-order valence-electron chi connectivity index (χ1n) is 5.10. The summed E-state index contributed by atoms with van der Waals surface area (Å²) in [5, 5.41) is -0.254. The Morgan fingerprint density at radius 2 is 2.00 bits per heavy atom. The molecule has 5 heteroatoms. The summed E-state index contributed by atoms with van der Waals surface area (Å²) in [6.45, 7) is 0.461. The maximum Gasteiger partial charge on any atom is 0.226 e. The van der Waals surface area contributed by atoms with Gasteiger partial charge in [-0.1, -0.05) is 0 Å². The summed E-state index contributed by atoms with van der Waals surface area (Å²) in [7, 11) is -2.85. The standard InChI is InChI=1S/C9H13NO3S/c11-9(6-1-2-6)10-4-8-3-7(10)5-14(8,12)13/h6-8H,1-5H2/t7-,8+/m0/s1. The molecule has 0 aromatic rings. The van der Waals surface area contributed by atoms with Crippen molar-refractivity contribution in [1.29, 1.82) is 0 Å². The lowest BCUT2D eigenvalue weighted by atomic mass is 10.2. The minimum atomic E-state index is -2.85. The third kappa shape index (κ3) is 1.11. The second-order valence-corrected chi connectivity index (χ2v) is 6.93. The summed E-state index contributed by atoms with van der Waals surface area (Å²) in [5.41, 5.74) is 0. The quantitative estimate of drug-likeness (QED) is 0.608. The molecule has 14 heavy (non-hydrogen) atoms. The lowest BCUT2D eigenvalue weighted by Crippen LogP contribution is -2.44. The van der Waals surface area contributed by atoms with Crippen molar-refractivity contribution in [2.75, 3.05) is 12.3 Å². The number of sulfone groups is 1. The number of hydrogen-bond donors (Lipinski definition) is 0. The molecule has 2 aliphatic heterocycles. The van der Waals surface area contributed by atoms with E-state index in [1.165, 1.54) is 0 Å². The number of amides is 1. The van der Waals surface area contributed by atoms with E-state index in [2.05, 4.69) is 0 Å². The molecule has 0 aromatic carbocycles. The molecular weight excluding hydrogens is 202 g/mol. The zero-order chi connectivity index (χ0) is 9.92. The Bertz CT molecular complexity index is 385. The van der Waals surface area contributed by atoms with Crippen molar-refractivity contribution in [2.45, 2.75) is 30.6 Å². The average molecular weight is 215 g/mol. The Kier molecular flexibility index (Phi) is 1.56. The third-order valence-electron chi connectivity index (χ3n) is 3.52. The minimum Gasteiger partial charge on any atom is -0.337 e. The molecule has 3 rings (SSSR count). The number of fused-ring (bicyclic) bond motifs is 2. The zero-order valence-corrected chi connectivity index (χ0v) is 8.66. The monoisotopic (exact) mass is 215 g/mol. The molecule has 1 aliphatic carbocycles. The molecule has 78 valence electrons. The molecule has 1 amide bonds. The second-order valence-electron chi connectivity index (χ2n) is 4.61. The maximum atomic E-state index is 11.7. The summed E-state index contributed by atoms with van der Waals surface area (Å²) in [6.07, 6.45) is 2.68. The summed E-state index contributed by atoms with van der Waals surface area (Å²) in [4.78, 5) is 13.5. The van der Waals surface area contributed by atoms with Crippen molar-refractivity contribution in [3.05, 3.63) is 0 Å². The first-order valence-corrected chi connectivity index (χ1v) is 6.81. The molecule has 2 heterocycles. The molecule has 1 saturated carbocycles. The largest absolute Gasteiger partial charge is 0.337 e. The van der Waals surface area contributed by atoms with Crippen LogP contribution in [0.4, 0.5) is 0 Å². The maximum absolute atomic E-state index is 11.7. The van der Waals surface area contributed by atoms with Gasteiger partial charge in [0.2, 0.25) is 5.91 Å². The van der Waals surface area contributed by atoms with E-state index < -0.39 is 9.84 Å². The lowest BCUT2D eigenvalue weighted by Gasteiger charge is -2.26. The highest BCUT2D eigenvalue weighted by Crippen LogP contribution is 2.38. The molecule has 0 unspecified atom stereocenters. The molecule has 3 aliphatic rings. The van der Waals surface area contributed by atoms with Crippen molar-refractivity contribution in [1.82, 2.24) is 4.90 Å². The lowest BCUT2D eigenvalue weighted by molar-refractivity contribution is -0.133. The number of hydrogen-bond acceptors (Lipinski definition) is 3. The molecular formula is C9H13NO3S. The predicted molar refractivity (Wildman–Crippen MR) is 50.4 cm³/mol. The van der Waals surface area contributed by atoms with E-state index >= 15 is 0 Å². The van der Waals surface area contributed by atoms with Gasteiger partial charge in [-0.3, -0.25) is 4.79 Å². The van der Waals surface area contributed by atoms with Crippen LogP contribution in [0.5, 0.6) is 0 Å². The van der Waals surface area contributed by atoms with Crippen LogP contribution < -0.4 is 0 Å². The smallest absolute Gasteiger partial charge is 0.226 e. The zero-order valence-electron chi connectivity index (χ0n) is 7.85. The number of carbonyl (C=O) groups is 1. The molecule has 2 saturated heterocycles.